The summed E-state index contributed by atoms with van der Waals surface area (Å²) in [5.41, 5.74) is -0.121. The van der Waals surface area contributed by atoms with Crippen LogP contribution in [-0.2, 0) is 19.1 Å². The monoisotopic (exact) mass is 427 g/mol. The van der Waals surface area contributed by atoms with Crippen molar-refractivity contribution in [3.63, 3.8) is 0 Å². The molecule has 2 aromatic carbocycles. The maximum atomic E-state index is 13.7. The average Bonchev–Trinajstić information content (AvgIpc) is 2.37. The molecule has 2 aromatic rings. The van der Waals surface area contributed by atoms with Crippen LogP contribution in [0.1, 0.15) is 0 Å². The molecular formula is C12H8BrClFNO4S2. The molecule has 0 aromatic heterocycles. The van der Waals surface area contributed by atoms with Crippen molar-refractivity contribution in [1.82, 2.24) is 0 Å². The molecule has 2 rings (SSSR count). The van der Waals surface area contributed by atoms with Crippen molar-refractivity contribution < 1.29 is 21.2 Å². The minimum Gasteiger partial charge on any atom is -0.280 e. The van der Waals surface area contributed by atoms with Crippen molar-refractivity contribution in [2.45, 2.75) is 9.79 Å². The summed E-state index contributed by atoms with van der Waals surface area (Å²) in [6.45, 7) is 0. The molecular weight excluding hydrogens is 421 g/mol. The van der Waals surface area contributed by atoms with Gasteiger partial charge in [0.1, 0.15) is 10.7 Å². The maximum Gasteiger partial charge on any atom is 0.264 e. The van der Waals surface area contributed by atoms with Gasteiger partial charge in [-0.3, -0.25) is 4.72 Å². The molecule has 118 valence electrons. The molecule has 1 N–H and O–H groups in total. The highest BCUT2D eigenvalue weighted by Gasteiger charge is 2.19. The minimum atomic E-state index is -4.24. The number of hydrogen-bond acceptors (Lipinski definition) is 4. The van der Waals surface area contributed by atoms with Crippen molar-refractivity contribution in [3.05, 3.63) is 52.8 Å². The van der Waals surface area contributed by atoms with Gasteiger partial charge in [0.05, 0.1) is 10.6 Å². The SMILES string of the molecule is O=S(=O)(Cl)c1ccc(NS(=O)(=O)c2ccc(Br)cc2)cc1F. The van der Waals surface area contributed by atoms with Crippen molar-refractivity contribution in [2.24, 2.45) is 0 Å². The zero-order valence-electron chi connectivity index (χ0n) is 10.6. The van der Waals surface area contributed by atoms with Gasteiger partial charge in [-0.1, -0.05) is 15.9 Å². The van der Waals surface area contributed by atoms with E-state index >= 15 is 0 Å². The van der Waals surface area contributed by atoms with E-state index < -0.39 is 29.8 Å². The smallest absolute Gasteiger partial charge is 0.264 e. The van der Waals surface area contributed by atoms with Gasteiger partial charge in [-0.15, -0.1) is 0 Å². The molecule has 0 atom stereocenters. The van der Waals surface area contributed by atoms with Crippen molar-refractivity contribution in [3.8, 4) is 0 Å². The predicted molar refractivity (Wildman–Crippen MR) is 84.4 cm³/mol. The zero-order chi connectivity index (χ0) is 16.5. The van der Waals surface area contributed by atoms with E-state index in [-0.39, 0.29) is 10.6 Å². The van der Waals surface area contributed by atoms with Crippen LogP contribution in [0.3, 0.4) is 0 Å². The first-order chi connectivity index (χ1) is 10.1. The molecule has 0 unspecified atom stereocenters. The van der Waals surface area contributed by atoms with E-state index in [9.17, 15) is 21.2 Å². The third-order valence-electron chi connectivity index (χ3n) is 2.57. The van der Waals surface area contributed by atoms with Gasteiger partial charge in [0.2, 0.25) is 0 Å². The summed E-state index contributed by atoms with van der Waals surface area (Å²) < 4.78 is 62.9. The summed E-state index contributed by atoms with van der Waals surface area (Å²) in [6, 6.07) is 8.54. The Kier molecular flexibility index (Phi) is 4.81. The average molecular weight is 429 g/mol. The Morgan fingerprint density at radius 1 is 1.00 bits per heavy atom. The zero-order valence-corrected chi connectivity index (χ0v) is 14.6. The topological polar surface area (TPSA) is 80.3 Å². The second kappa shape index (κ2) is 6.15. The van der Waals surface area contributed by atoms with Gasteiger partial charge >= 0.3 is 0 Å². The third-order valence-corrected chi connectivity index (χ3v) is 5.85. The summed E-state index contributed by atoms with van der Waals surface area (Å²) >= 11 is 3.18. The maximum absolute atomic E-state index is 13.7. The standard InChI is InChI=1S/C12H8BrClFNO4S2/c13-8-1-4-10(5-2-8)22(19,20)16-9-3-6-12(11(15)7-9)21(14,17)18/h1-7,16H. The first-order valence-electron chi connectivity index (χ1n) is 5.62. The Labute approximate surface area is 139 Å². The van der Waals surface area contributed by atoms with Gasteiger partial charge in [-0.05, 0) is 42.5 Å². The second-order valence-corrected chi connectivity index (χ2v) is 9.27. The van der Waals surface area contributed by atoms with Crippen LogP contribution < -0.4 is 4.72 Å². The Morgan fingerprint density at radius 3 is 2.09 bits per heavy atom. The summed E-state index contributed by atoms with van der Waals surface area (Å²) in [5, 5.41) is 0. The first-order valence-corrected chi connectivity index (χ1v) is 10.2. The van der Waals surface area contributed by atoms with E-state index in [1.165, 1.54) is 24.3 Å². The Balaban J connectivity index is 2.35. The second-order valence-electron chi connectivity index (χ2n) is 4.14. The number of benzene rings is 2. The molecule has 0 aliphatic heterocycles. The third kappa shape index (κ3) is 3.97. The van der Waals surface area contributed by atoms with Crippen LogP contribution in [0, 0.1) is 5.82 Å². The molecule has 5 nitrogen and oxygen atoms in total. The Hall–Kier alpha value is -1.16. The van der Waals surface area contributed by atoms with E-state index in [2.05, 4.69) is 20.7 Å². The lowest BCUT2D eigenvalue weighted by atomic mass is 10.3. The van der Waals surface area contributed by atoms with E-state index in [0.717, 1.165) is 18.2 Å². The van der Waals surface area contributed by atoms with Gasteiger partial charge in [-0.2, -0.15) is 0 Å². The van der Waals surface area contributed by atoms with Crippen LogP contribution in [0.4, 0.5) is 10.1 Å². The van der Waals surface area contributed by atoms with E-state index in [0.29, 0.717) is 4.47 Å². The van der Waals surface area contributed by atoms with E-state index in [4.69, 9.17) is 10.7 Å². The van der Waals surface area contributed by atoms with Gasteiger partial charge in [0.15, 0.2) is 0 Å². The first kappa shape index (κ1) is 17.2. The van der Waals surface area contributed by atoms with E-state index in [1.54, 1.807) is 0 Å². The van der Waals surface area contributed by atoms with Crippen molar-refractivity contribution in [2.75, 3.05) is 4.72 Å². The van der Waals surface area contributed by atoms with Crippen molar-refractivity contribution >= 4 is 51.4 Å². The highest BCUT2D eigenvalue weighted by Crippen LogP contribution is 2.24. The van der Waals surface area contributed by atoms with Crippen molar-refractivity contribution in [1.29, 1.82) is 0 Å². The summed E-state index contributed by atoms with van der Waals surface area (Å²) in [6.07, 6.45) is 0. The summed E-state index contributed by atoms with van der Waals surface area (Å²) in [7, 11) is -3.10. The quantitative estimate of drug-likeness (QED) is 0.758. The number of nitrogens with one attached hydrogen (secondary N) is 1. The van der Waals surface area contributed by atoms with Crippen LogP contribution in [0.15, 0.2) is 56.7 Å². The van der Waals surface area contributed by atoms with Gasteiger partial charge in [-0.25, -0.2) is 21.2 Å². The molecule has 0 aliphatic rings. The molecule has 0 fully saturated rings. The predicted octanol–water partition coefficient (Wildman–Crippen LogP) is 3.32. The molecule has 0 radical (unpaired) electrons. The number of halogens is 3. The lowest BCUT2D eigenvalue weighted by molar-refractivity contribution is 0.576. The molecule has 0 saturated heterocycles. The molecule has 0 saturated carbocycles. The molecule has 0 amide bonds. The van der Waals surface area contributed by atoms with Crippen LogP contribution in [-0.4, -0.2) is 16.8 Å². The lowest BCUT2D eigenvalue weighted by Gasteiger charge is -2.09. The van der Waals surface area contributed by atoms with Gasteiger partial charge in [0.25, 0.3) is 19.1 Å². The fourth-order valence-corrected chi connectivity index (χ4v) is 3.80. The minimum absolute atomic E-state index is 0.0230. The van der Waals surface area contributed by atoms with Gasteiger partial charge < -0.3 is 0 Å². The Morgan fingerprint density at radius 2 is 1.59 bits per heavy atom. The molecule has 0 heterocycles. The molecule has 0 aliphatic carbocycles. The van der Waals surface area contributed by atoms with Crippen LogP contribution >= 0.6 is 26.6 Å². The lowest BCUT2D eigenvalue weighted by Crippen LogP contribution is -2.13. The molecule has 0 spiro atoms. The Bertz CT molecular complexity index is 915. The summed E-state index contributed by atoms with van der Waals surface area (Å²) in [4.78, 5) is -0.745. The number of hydrogen-bond donors (Lipinski definition) is 1. The number of anilines is 1. The fraction of sp³-hybridized carbons (Fsp3) is 0. The largest absolute Gasteiger partial charge is 0.280 e. The number of rotatable bonds is 4. The molecule has 10 heteroatoms. The van der Waals surface area contributed by atoms with Crippen LogP contribution in [0.25, 0.3) is 0 Å². The van der Waals surface area contributed by atoms with Crippen LogP contribution in [0.5, 0.6) is 0 Å². The number of sulfonamides is 1. The van der Waals surface area contributed by atoms with Gasteiger partial charge in [0, 0.05) is 15.2 Å². The highest BCUT2D eigenvalue weighted by atomic mass is 79.9. The van der Waals surface area contributed by atoms with E-state index in [1.807, 2.05) is 0 Å². The highest BCUT2D eigenvalue weighted by molar-refractivity contribution is 9.10. The normalized spacial score (nSPS) is 12.1. The molecule has 0 bridgehead atoms. The summed E-state index contributed by atoms with van der Waals surface area (Å²) in [5.74, 6) is -1.15. The fourth-order valence-electron chi connectivity index (χ4n) is 1.59. The van der Waals surface area contributed by atoms with Crippen LogP contribution in [0.2, 0.25) is 0 Å². The molecule has 22 heavy (non-hydrogen) atoms.